The molecule has 0 aromatic heterocycles. The van der Waals surface area contributed by atoms with E-state index in [2.05, 4.69) is 37.9 Å². The third kappa shape index (κ3) is 5.83. The van der Waals surface area contributed by atoms with E-state index in [1.807, 2.05) is 0 Å². The molecule has 0 bridgehead atoms. The largest absolute Gasteiger partial charge is 0.374 e. The molecule has 0 spiro atoms. The van der Waals surface area contributed by atoms with E-state index in [1.165, 1.54) is 6.54 Å². The molecule has 1 aliphatic rings. The summed E-state index contributed by atoms with van der Waals surface area (Å²) in [7, 11) is 0. The molecule has 0 aromatic carbocycles. The van der Waals surface area contributed by atoms with Gasteiger partial charge in [-0.1, -0.05) is 27.7 Å². The predicted molar refractivity (Wildman–Crippen MR) is 68.7 cm³/mol. The predicted octanol–water partition coefficient (Wildman–Crippen LogP) is 1.59. The average Bonchev–Trinajstić information content (AvgIpc) is 2.16. The fraction of sp³-hybridized carbons (Fsp3) is 1.00. The SMILES string of the molecule is CC(C)CNC[C@@H]1CN(CC(C)C)CCO1. The quantitative estimate of drug-likeness (QED) is 0.747. The average molecular weight is 228 g/mol. The van der Waals surface area contributed by atoms with Crippen LogP contribution in [-0.2, 0) is 4.74 Å². The first kappa shape index (κ1) is 13.9. The maximum atomic E-state index is 5.77. The van der Waals surface area contributed by atoms with Gasteiger partial charge >= 0.3 is 0 Å². The molecule has 16 heavy (non-hydrogen) atoms. The summed E-state index contributed by atoms with van der Waals surface area (Å²) in [5, 5.41) is 3.48. The number of ether oxygens (including phenoxy) is 1. The van der Waals surface area contributed by atoms with Crippen molar-refractivity contribution < 1.29 is 4.74 Å². The molecule has 1 saturated heterocycles. The molecule has 0 aliphatic carbocycles. The second-order valence-corrected chi connectivity index (χ2v) is 5.70. The fourth-order valence-electron chi connectivity index (χ4n) is 2.12. The summed E-state index contributed by atoms with van der Waals surface area (Å²) >= 11 is 0. The third-order valence-corrected chi connectivity index (χ3v) is 2.77. The zero-order valence-corrected chi connectivity index (χ0v) is 11.3. The molecule has 1 atom stereocenters. The molecule has 0 saturated carbocycles. The summed E-state index contributed by atoms with van der Waals surface area (Å²) in [6.45, 7) is 15.4. The lowest BCUT2D eigenvalue weighted by molar-refractivity contribution is -0.0303. The minimum Gasteiger partial charge on any atom is -0.374 e. The molecule has 0 radical (unpaired) electrons. The molecule has 0 unspecified atom stereocenters. The number of hydrogen-bond donors (Lipinski definition) is 1. The highest BCUT2D eigenvalue weighted by atomic mass is 16.5. The Bertz CT molecular complexity index is 183. The van der Waals surface area contributed by atoms with Crippen LogP contribution in [0, 0.1) is 11.8 Å². The Labute approximate surface area is 101 Å². The van der Waals surface area contributed by atoms with Gasteiger partial charge in [-0.15, -0.1) is 0 Å². The summed E-state index contributed by atoms with van der Waals surface area (Å²) in [5.41, 5.74) is 0. The Balaban J connectivity index is 2.17. The van der Waals surface area contributed by atoms with Crippen LogP contribution < -0.4 is 5.32 Å². The first-order chi connectivity index (χ1) is 7.58. The van der Waals surface area contributed by atoms with Crippen LogP contribution in [0.3, 0.4) is 0 Å². The lowest BCUT2D eigenvalue weighted by atomic mass is 10.1. The van der Waals surface area contributed by atoms with E-state index in [0.29, 0.717) is 6.10 Å². The minimum atomic E-state index is 0.381. The van der Waals surface area contributed by atoms with Gasteiger partial charge in [0.05, 0.1) is 12.7 Å². The highest BCUT2D eigenvalue weighted by molar-refractivity contribution is 4.74. The van der Waals surface area contributed by atoms with Gasteiger partial charge in [-0.3, -0.25) is 4.90 Å². The summed E-state index contributed by atoms with van der Waals surface area (Å²) in [6.07, 6.45) is 0.381. The van der Waals surface area contributed by atoms with Gasteiger partial charge in [-0.25, -0.2) is 0 Å². The van der Waals surface area contributed by atoms with E-state index in [-0.39, 0.29) is 0 Å². The Morgan fingerprint density at radius 2 is 2.00 bits per heavy atom. The summed E-state index contributed by atoms with van der Waals surface area (Å²) in [4.78, 5) is 2.52. The lowest BCUT2D eigenvalue weighted by Gasteiger charge is -2.34. The van der Waals surface area contributed by atoms with Crippen LogP contribution in [0.15, 0.2) is 0 Å². The van der Waals surface area contributed by atoms with Crippen LogP contribution in [-0.4, -0.2) is 50.3 Å². The van der Waals surface area contributed by atoms with Crippen molar-refractivity contribution >= 4 is 0 Å². The van der Waals surface area contributed by atoms with Crippen molar-refractivity contribution in [1.29, 1.82) is 0 Å². The number of morpholine rings is 1. The Morgan fingerprint density at radius 1 is 1.25 bits per heavy atom. The lowest BCUT2D eigenvalue weighted by Crippen LogP contribution is -2.47. The zero-order chi connectivity index (χ0) is 12.0. The molecule has 3 nitrogen and oxygen atoms in total. The standard InChI is InChI=1S/C13H28N2O/c1-11(2)7-14-8-13-10-15(5-6-16-13)9-12(3)4/h11-14H,5-10H2,1-4H3/t13-/m1/s1. The van der Waals surface area contributed by atoms with Crippen LogP contribution in [0.25, 0.3) is 0 Å². The first-order valence-corrected chi connectivity index (χ1v) is 6.62. The smallest absolute Gasteiger partial charge is 0.0826 e. The third-order valence-electron chi connectivity index (χ3n) is 2.77. The van der Waals surface area contributed by atoms with Crippen LogP contribution in [0.1, 0.15) is 27.7 Å². The van der Waals surface area contributed by atoms with Crippen molar-refractivity contribution in [2.24, 2.45) is 11.8 Å². The number of nitrogens with one attached hydrogen (secondary N) is 1. The Hall–Kier alpha value is -0.120. The van der Waals surface area contributed by atoms with Crippen LogP contribution in [0.2, 0.25) is 0 Å². The van der Waals surface area contributed by atoms with Crippen molar-refractivity contribution in [1.82, 2.24) is 10.2 Å². The second-order valence-electron chi connectivity index (χ2n) is 5.70. The van der Waals surface area contributed by atoms with Crippen molar-refractivity contribution in [2.45, 2.75) is 33.8 Å². The number of nitrogens with zero attached hydrogens (tertiary/aromatic N) is 1. The Kier molecular flexibility index (Phi) is 6.32. The van der Waals surface area contributed by atoms with Crippen molar-refractivity contribution in [2.75, 3.05) is 39.3 Å². The van der Waals surface area contributed by atoms with Crippen LogP contribution in [0.4, 0.5) is 0 Å². The van der Waals surface area contributed by atoms with Gasteiger partial charge in [-0.2, -0.15) is 0 Å². The van der Waals surface area contributed by atoms with Crippen LogP contribution in [0.5, 0.6) is 0 Å². The molecular weight excluding hydrogens is 200 g/mol. The van der Waals surface area contributed by atoms with Gasteiger partial charge in [0.25, 0.3) is 0 Å². The fourth-order valence-corrected chi connectivity index (χ4v) is 2.12. The Morgan fingerprint density at radius 3 is 2.62 bits per heavy atom. The van der Waals surface area contributed by atoms with E-state index in [4.69, 9.17) is 4.74 Å². The molecule has 1 rings (SSSR count). The molecule has 96 valence electrons. The monoisotopic (exact) mass is 228 g/mol. The van der Waals surface area contributed by atoms with Crippen molar-refractivity contribution in [3.8, 4) is 0 Å². The summed E-state index contributed by atoms with van der Waals surface area (Å²) in [6, 6.07) is 0. The molecule has 1 N–H and O–H groups in total. The maximum Gasteiger partial charge on any atom is 0.0826 e. The highest BCUT2D eigenvalue weighted by Gasteiger charge is 2.20. The maximum absolute atomic E-state index is 5.77. The van der Waals surface area contributed by atoms with E-state index in [1.54, 1.807) is 0 Å². The van der Waals surface area contributed by atoms with E-state index < -0.39 is 0 Å². The van der Waals surface area contributed by atoms with Gasteiger partial charge in [0.2, 0.25) is 0 Å². The summed E-state index contributed by atoms with van der Waals surface area (Å²) in [5.74, 6) is 1.47. The van der Waals surface area contributed by atoms with Crippen molar-refractivity contribution in [3.05, 3.63) is 0 Å². The first-order valence-electron chi connectivity index (χ1n) is 6.62. The van der Waals surface area contributed by atoms with Gasteiger partial charge in [0.1, 0.15) is 0 Å². The number of rotatable bonds is 6. The normalized spacial score (nSPS) is 23.2. The molecule has 1 aliphatic heterocycles. The van der Waals surface area contributed by atoms with Gasteiger partial charge < -0.3 is 10.1 Å². The molecular formula is C13H28N2O. The zero-order valence-electron chi connectivity index (χ0n) is 11.3. The van der Waals surface area contributed by atoms with E-state index in [0.717, 1.165) is 44.6 Å². The molecule has 0 amide bonds. The molecule has 0 aromatic rings. The molecule has 3 heteroatoms. The molecule has 1 fully saturated rings. The minimum absolute atomic E-state index is 0.381. The second kappa shape index (κ2) is 7.25. The van der Waals surface area contributed by atoms with Crippen LogP contribution >= 0.6 is 0 Å². The highest BCUT2D eigenvalue weighted by Crippen LogP contribution is 2.07. The van der Waals surface area contributed by atoms with Gasteiger partial charge in [0.15, 0.2) is 0 Å². The van der Waals surface area contributed by atoms with Crippen molar-refractivity contribution in [3.63, 3.8) is 0 Å². The number of hydrogen-bond acceptors (Lipinski definition) is 3. The van der Waals surface area contributed by atoms with E-state index in [9.17, 15) is 0 Å². The summed E-state index contributed by atoms with van der Waals surface area (Å²) < 4.78 is 5.77. The molecule has 1 heterocycles. The van der Waals surface area contributed by atoms with Gasteiger partial charge in [0, 0.05) is 26.2 Å². The van der Waals surface area contributed by atoms with E-state index >= 15 is 0 Å². The van der Waals surface area contributed by atoms with Gasteiger partial charge in [-0.05, 0) is 18.4 Å². The topological polar surface area (TPSA) is 24.5 Å².